The first-order chi connectivity index (χ1) is 13.4. The van der Waals surface area contributed by atoms with Crippen LogP contribution in [0, 0.1) is 0 Å². The molecule has 150 valence electrons. The fourth-order valence-electron chi connectivity index (χ4n) is 3.25. The van der Waals surface area contributed by atoms with Gasteiger partial charge in [-0.25, -0.2) is 4.98 Å². The molecule has 1 saturated heterocycles. The maximum absolute atomic E-state index is 12.6. The van der Waals surface area contributed by atoms with E-state index < -0.39 is 0 Å². The Morgan fingerprint density at radius 2 is 1.89 bits per heavy atom. The third-order valence-corrected chi connectivity index (χ3v) is 4.84. The second kappa shape index (κ2) is 9.17. The number of rotatable bonds is 6. The first-order valence-electron chi connectivity index (χ1n) is 9.84. The van der Waals surface area contributed by atoms with Crippen LogP contribution in [0.15, 0.2) is 42.6 Å². The number of ether oxygens (including phenoxy) is 1. The molecular formula is C22H30N4O2. The van der Waals surface area contributed by atoms with Gasteiger partial charge in [0, 0.05) is 31.9 Å². The van der Waals surface area contributed by atoms with Crippen molar-refractivity contribution in [3.63, 3.8) is 0 Å². The fourth-order valence-corrected chi connectivity index (χ4v) is 3.25. The van der Waals surface area contributed by atoms with Crippen molar-refractivity contribution in [1.29, 1.82) is 0 Å². The SMILES string of the molecule is CC(C)(C)c1ccccc1NC(=O)c1ccc(NCCN2CCOCC2)cn1. The van der Waals surface area contributed by atoms with E-state index in [4.69, 9.17) is 4.74 Å². The highest BCUT2D eigenvalue weighted by atomic mass is 16.5. The molecule has 2 heterocycles. The van der Waals surface area contributed by atoms with Gasteiger partial charge in [0.2, 0.25) is 0 Å². The molecule has 0 radical (unpaired) electrons. The van der Waals surface area contributed by atoms with Gasteiger partial charge in [0.25, 0.3) is 5.91 Å². The smallest absolute Gasteiger partial charge is 0.274 e. The molecule has 0 atom stereocenters. The Hall–Kier alpha value is -2.44. The third-order valence-electron chi connectivity index (χ3n) is 4.84. The molecular weight excluding hydrogens is 352 g/mol. The van der Waals surface area contributed by atoms with Crippen LogP contribution in [-0.2, 0) is 10.2 Å². The fraction of sp³-hybridized carbons (Fsp3) is 0.455. The molecule has 2 aromatic rings. The number of hydrogen-bond donors (Lipinski definition) is 2. The third kappa shape index (κ3) is 5.53. The summed E-state index contributed by atoms with van der Waals surface area (Å²) < 4.78 is 5.36. The maximum atomic E-state index is 12.6. The van der Waals surface area contributed by atoms with Gasteiger partial charge in [0.05, 0.1) is 25.1 Å². The molecule has 1 aromatic carbocycles. The summed E-state index contributed by atoms with van der Waals surface area (Å²) in [5, 5.41) is 6.36. The minimum atomic E-state index is -0.198. The first kappa shape index (κ1) is 20.3. The molecule has 0 saturated carbocycles. The van der Waals surface area contributed by atoms with E-state index in [1.165, 1.54) is 0 Å². The van der Waals surface area contributed by atoms with Crippen LogP contribution in [0.2, 0.25) is 0 Å². The van der Waals surface area contributed by atoms with Gasteiger partial charge in [-0.3, -0.25) is 9.69 Å². The monoisotopic (exact) mass is 382 g/mol. The number of carbonyl (C=O) groups excluding carboxylic acids is 1. The van der Waals surface area contributed by atoms with E-state index in [2.05, 4.69) is 41.3 Å². The number of nitrogens with one attached hydrogen (secondary N) is 2. The quantitative estimate of drug-likeness (QED) is 0.802. The molecule has 6 heteroatoms. The zero-order valence-electron chi connectivity index (χ0n) is 17.0. The predicted octanol–water partition coefficient (Wildman–Crippen LogP) is 3.38. The van der Waals surface area contributed by atoms with Crippen molar-refractivity contribution in [3.05, 3.63) is 53.9 Å². The summed E-state index contributed by atoms with van der Waals surface area (Å²) in [6, 6.07) is 11.6. The van der Waals surface area contributed by atoms with Crippen molar-refractivity contribution >= 4 is 17.3 Å². The van der Waals surface area contributed by atoms with Gasteiger partial charge >= 0.3 is 0 Å². The first-order valence-corrected chi connectivity index (χ1v) is 9.84. The van der Waals surface area contributed by atoms with Gasteiger partial charge in [-0.2, -0.15) is 0 Å². The molecule has 0 unspecified atom stereocenters. The van der Waals surface area contributed by atoms with Crippen LogP contribution in [-0.4, -0.2) is 55.2 Å². The molecule has 3 rings (SSSR count). The van der Waals surface area contributed by atoms with Crippen molar-refractivity contribution in [1.82, 2.24) is 9.88 Å². The number of aromatic nitrogens is 1. The molecule has 1 aliphatic rings. The van der Waals surface area contributed by atoms with Crippen molar-refractivity contribution in [2.45, 2.75) is 26.2 Å². The molecule has 28 heavy (non-hydrogen) atoms. The van der Waals surface area contributed by atoms with Gasteiger partial charge < -0.3 is 15.4 Å². The summed E-state index contributed by atoms with van der Waals surface area (Å²) >= 11 is 0. The van der Waals surface area contributed by atoms with Crippen molar-refractivity contribution in [3.8, 4) is 0 Å². The van der Waals surface area contributed by atoms with Crippen LogP contribution >= 0.6 is 0 Å². The summed E-state index contributed by atoms with van der Waals surface area (Å²) in [5.41, 5.74) is 3.20. The second-order valence-corrected chi connectivity index (χ2v) is 8.06. The molecule has 2 N–H and O–H groups in total. The van der Waals surface area contributed by atoms with E-state index in [-0.39, 0.29) is 11.3 Å². The Bertz CT molecular complexity index is 778. The average Bonchev–Trinajstić information content (AvgIpc) is 2.69. The number of hydrogen-bond acceptors (Lipinski definition) is 5. The summed E-state index contributed by atoms with van der Waals surface area (Å²) in [7, 11) is 0. The zero-order valence-corrected chi connectivity index (χ0v) is 17.0. The van der Waals surface area contributed by atoms with Crippen LogP contribution in [0.25, 0.3) is 0 Å². The van der Waals surface area contributed by atoms with Crippen LogP contribution in [0.3, 0.4) is 0 Å². The highest BCUT2D eigenvalue weighted by Gasteiger charge is 2.19. The number of nitrogens with zero attached hydrogens (tertiary/aromatic N) is 2. The molecule has 1 fully saturated rings. The van der Waals surface area contributed by atoms with Crippen LogP contribution in [0.5, 0.6) is 0 Å². The van der Waals surface area contributed by atoms with Crippen molar-refractivity contribution in [2.75, 3.05) is 50.0 Å². The molecule has 0 aliphatic carbocycles. The minimum absolute atomic E-state index is 0.0500. The number of para-hydroxylation sites is 1. The number of pyridine rings is 1. The van der Waals surface area contributed by atoms with Gasteiger partial charge in [-0.15, -0.1) is 0 Å². The number of morpholine rings is 1. The summed E-state index contributed by atoms with van der Waals surface area (Å²) in [4.78, 5) is 19.3. The Kier molecular flexibility index (Phi) is 6.65. The van der Waals surface area contributed by atoms with Crippen molar-refractivity contribution in [2.24, 2.45) is 0 Å². The Balaban J connectivity index is 1.55. The number of carbonyl (C=O) groups is 1. The second-order valence-electron chi connectivity index (χ2n) is 8.06. The summed E-state index contributed by atoms with van der Waals surface area (Å²) in [5.74, 6) is -0.198. The lowest BCUT2D eigenvalue weighted by atomic mass is 9.86. The van der Waals surface area contributed by atoms with Gasteiger partial charge in [-0.1, -0.05) is 39.0 Å². The maximum Gasteiger partial charge on any atom is 0.274 e. The van der Waals surface area contributed by atoms with Crippen LogP contribution < -0.4 is 10.6 Å². The predicted molar refractivity (Wildman–Crippen MR) is 113 cm³/mol. The average molecular weight is 383 g/mol. The Morgan fingerprint density at radius 1 is 1.14 bits per heavy atom. The van der Waals surface area contributed by atoms with E-state index in [1.807, 2.05) is 30.3 Å². The van der Waals surface area contributed by atoms with Gasteiger partial charge in [0.1, 0.15) is 5.69 Å². The molecule has 1 amide bonds. The zero-order chi connectivity index (χ0) is 20.0. The summed E-state index contributed by atoms with van der Waals surface area (Å²) in [6.45, 7) is 11.8. The van der Waals surface area contributed by atoms with Crippen LogP contribution in [0.4, 0.5) is 11.4 Å². The molecule has 1 aromatic heterocycles. The van der Waals surface area contributed by atoms with E-state index in [0.29, 0.717) is 5.69 Å². The largest absolute Gasteiger partial charge is 0.383 e. The van der Waals surface area contributed by atoms with E-state index in [1.54, 1.807) is 12.3 Å². The molecule has 1 aliphatic heterocycles. The summed E-state index contributed by atoms with van der Waals surface area (Å²) in [6.07, 6.45) is 1.71. The number of anilines is 2. The number of benzene rings is 1. The van der Waals surface area contributed by atoms with Gasteiger partial charge in [0.15, 0.2) is 0 Å². The van der Waals surface area contributed by atoms with Gasteiger partial charge in [-0.05, 0) is 29.2 Å². The lowest BCUT2D eigenvalue weighted by Gasteiger charge is -2.26. The highest BCUT2D eigenvalue weighted by Crippen LogP contribution is 2.29. The lowest BCUT2D eigenvalue weighted by Crippen LogP contribution is -2.39. The van der Waals surface area contributed by atoms with E-state index in [9.17, 15) is 4.79 Å². The van der Waals surface area contributed by atoms with Crippen molar-refractivity contribution < 1.29 is 9.53 Å². The minimum Gasteiger partial charge on any atom is -0.383 e. The van der Waals surface area contributed by atoms with Crippen LogP contribution in [0.1, 0.15) is 36.8 Å². The Morgan fingerprint density at radius 3 is 2.57 bits per heavy atom. The molecule has 0 bridgehead atoms. The highest BCUT2D eigenvalue weighted by molar-refractivity contribution is 6.03. The van der Waals surface area contributed by atoms with E-state index >= 15 is 0 Å². The molecule has 6 nitrogen and oxygen atoms in total. The van der Waals surface area contributed by atoms with E-state index in [0.717, 1.165) is 56.3 Å². The molecule has 0 spiro atoms. The number of amides is 1. The normalized spacial score (nSPS) is 15.2. The standard InChI is InChI=1S/C22H30N4O2/c1-22(2,3)18-6-4-5-7-19(18)25-21(27)20-9-8-17(16-24-20)23-10-11-26-12-14-28-15-13-26/h4-9,16,23H,10-15H2,1-3H3,(H,25,27). The Labute approximate surface area is 167 Å². The lowest BCUT2D eigenvalue weighted by molar-refractivity contribution is 0.0398. The topological polar surface area (TPSA) is 66.5 Å².